The van der Waals surface area contributed by atoms with E-state index in [2.05, 4.69) is 137 Å². The smallest absolute Gasteiger partial charge is 0.0998 e. The minimum atomic E-state index is -0.496. The summed E-state index contributed by atoms with van der Waals surface area (Å²) in [6, 6.07) is 44.3. The zero-order valence-electron chi connectivity index (χ0n) is 23.6. The lowest BCUT2D eigenvalue weighted by atomic mass is 9.83. The monoisotopic (exact) mass is 550 g/mol. The second-order valence-electron chi connectivity index (χ2n) is 11.5. The summed E-state index contributed by atoms with van der Waals surface area (Å²) >= 11 is 0. The van der Waals surface area contributed by atoms with Crippen molar-refractivity contribution in [3.63, 3.8) is 0 Å². The zero-order chi connectivity index (χ0) is 29.1. The highest BCUT2D eigenvalue weighted by molar-refractivity contribution is 6.11. The number of hydrogen-bond donors (Lipinski definition) is 0. The fraction of sp³-hybridized carbons (Fsp3) is 0.0769. The zero-order valence-corrected chi connectivity index (χ0v) is 23.6. The summed E-state index contributed by atoms with van der Waals surface area (Å²) in [6.07, 6.45) is 5.23. The molecular formula is C39H26N4. The van der Waals surface area contributed by atoms with E-state index in [0.29, 0.717) is 11.1 Å². The van der Waals surface area contributed by atoms with E-state index in [4.69, 9.17) is 0 Å². The van der Waals surface area contributed by atoms with Crippen molar-refractivity contribution >= 4 is 54.9 Å². The van der Waals surface area contributed by atoms with Crippen LogP contribution in [0, 0.1) is 22.7 Å². The third-order valence-electron chi connectivity index (χ3n) is 8.87. The largest absolute Gasteiger partial charge is 0.331 e. The van der Waals surface area contributed by atoms with Crippen molar-refractivity contribution in [3.8, 4) is 12.1 Å². The molecule has 0 aliphatic heterocycles. The summed E-state index contributed by atoms with van der Waals surface area (Å²) < 4.78 is 4.84. The predicted molar refractivity (Wildman–Crippen MR) is 175 cm³/mol. The van der Waals surface area contributed by atoms with Gasteiger partial charge in [-0.2, -0.15) is 10.5 Å². The van der Waals surface area contributed by atoms with Gasteiger partial charge in [0.05, 0.1) is 39.8 Å². The fourth-order valence-electron chi connectivity index (χ4n) is 7.12. The molecule has 0 bridgehead atoms. The Bertz CT molecular complexity index is 2310. The standard InChI is InChI=1S/C39H26N4/c1-39(43-37-16-8-4-12-32(37)33-13-5-9-17-38(33)43)22-28(34-20-26(24-40)18-19-27(34)25-41)21-29(23-39)42-35-14-6-2-10-30(35)31-11-3-7-15-36(31)42/h2-22H,23H2,1H3. The molecule has 1 atom stereocenters. The van der Waals surface area contributed by atoms with Gasteiger partial charge in [0.1, 0.15) is 0 Å². The maximum Gasteiger partial charge on any atom is 0.0998 e. The molecule has 1 unspecified atom stereocenters. The van der Waals surface area contributed by atoms with Crippen molar-refractivity contribution < 1.29 is 0 Å². The van der Waals surface area contributed by atoms with Crippen LogP contribution in [0.1, 0.15) is 30.0 Å². The van der Waals surface area contributed by atoms with E-state index in [1.807, 2.05) is 6.07 Å². The van der Waals surface area contributed by atoms with E-state index in [1.165, 1.54) is 21.5 Å². The number of rotatable bonds is 3. The maximum atomic E-state index is 10.2. The molecule has 0 saturated heterocycles. The summed E-state index contributed by atoms with van der Waals surface area (Å²) in [5.41, 5.74) is 8.04. The first-order valence-corrected chi connectivity index (χ1v) is 14.4. The third kappa shape index (κ3) is 3.67. The van der Waals surface area contributed by atoms with Crippen LogP contribution < -0.4 is 0 Å². The van der Waals surface area contributed by atoms with Crippen LogP contribution in [0.5, 0.6) is 0 Å². The van der Waals surface area contributed by atoms with Crippen LogP contribution in [-0.2, 0) is 5.54 Å². The minimum Gasteiger partial charge on any atom is -0.331 e. The fourth-order valence-corrected chi connectivity index (χ4v) is 7.12. The molecule has 1 aliphatic rings. The van der Waals surface area contributed by atoms with Gasteiger partial charge in [-0.05, 0) is 61.0 Å². The maximum absolute atomic E-state index is 10.2. The third-order valence-corrected chi connectivity index (χ3v) is 8.87. The van der Waals surface area contributed by atoms with Gasteiger partial charge >= 0.3 is 0 Å². The van der Waals surface area contributed by atoms with Crippen molar-refractivity contribution in [1.82, 2.24) is 9.13 Å². The van der Waals surface area contributed by atoms with Gasteiger partial charge in [-0.3, -0.25) is 0 Å². The lowest BCUT2D eigenvalue weighted by Gasteiger charge is -2.36. The van der Waals surface area contributed by atoms with Crippen LogP contribution in [-0.4, -0.2) is 9.13 Å². The average Bonchev–Trinajstić information content (AvgIpc) is 3.58. The molecule has 7 aromatic rings. The number of aromatic nitrogens is 2. The summed E-state index contributed by atoms with van der Waals surface area (Å²) in [5.74, 6) is 0. The molecule has 5 aromatic carbocycles. The molecule has 0 fully saturated rings. The van der Waals surface area contributed by atoms with E-state index in [-0.39, 0.29) is 0 Å². The first kappa shape index (κ1) is 24.9. The molecule has 0 spiro atoms. The number of benzene rings is 5. The van der Waals surface area contributed by atoms with Crippen molar-refractivity contribution in [1.29, 1.82) is 10.5 Å². The first-order chi connectivity index (χ1) is 21.1. The Labute approximate surface area is 249 Å². The Balaban J connectivity index is 1.48. The van der Waals surface area contributed by atoms with Crippen LogP contribution in [0.3, 0.4) is 0 Å². The van der Waals surface area contributed by atoms with E-state index < -0.39 is 5.54 Å². The van der Waals surface area contributed by atoms with Crippen molar-refractivity contribution in [2.24, 2.45) is 0 Å². The second-order valence-corrected chi connectivity index (χ2v) is 11.5. The molecule has 1 aliphatic carbocycles. The Morgan fingerprint density at radius 3 is 1.67 bits per heavy atom. The number of fused-ring (bicyclic) bond motifs is 6. The van der Waals surface area contributed by atoms with Gasteiger partial charge in [-0.25, -0.2) is 0 Å². The highest BCUT2D eigenvalue weighted by Gasteiger charge is 2.34. The van der Waals surface area contributed by atoms with Gasteiger partial charge < -0.3 is 9.13 Å². The average molecular weight is 551 g/mol. The molecule has 2 aromatic heterocycles. The lowest BCUT2D eigenvalue weighted by Crippen LogP contribution is -2.31. The van der Waals surface area contributed by atoms with Gasteiger partial charge in [-0.1, -0.05) is 78.9 Å². The summed E-state index contributed by atoms with van der Waals surface area (Å²) in [7, 11) is 0. The summed E-state index contributed by atoms with van der Waals surface area (Å²) in [5, 5.41) is 24.8. The van der Waals surface area contributed by atoms with Crippen molar-refractivity contribution in [2.75, 3.05) is 0 Å². The van der Waals surface area contributed by atoms with Crippen LogP contribution in [0.15, 0.2) is 127 Å². The topological polar surface area (TPSA) is 57.4 Å². The van der Waals surface area contributed by atoms with Gasteiger partial charge in [0, 0.05) is 50.3 Å². The van der Waals surface area contributed by atoms with Gasteiger partial charge in [0.25, 0.3) is 0 Å². The number of allylic oxidation sites excluding steroid dienone is 4. The van der Waals surface area contributed by atoms with E-state index in [1.54, 1.807) is 12.1 Å². The highest BCUT2D eigenvalue weighted by atomic mass is 15.1. The quantitative estimate of drug-likeness (QED) is 0.220. The Kier molecular flexibility index (Phi) is 5.42. The van der Waals surface area contributed by atoms with Crippen LogP contribution in [0.4, 0.5) is 0 Å². The number of para-hydroxylation sites is 4. The van der Waals surface area contributed by atoms with Crippen LogP contribution in [0.2, 0.25) is 0 Å². The highest BCUT2D eigenvalue weighted by Crippen LogP contribution is 2.45. The van der Waals surface area contributed by atoms with Crippen LogP contribution in [0.25, 0.3) is 54.9 Å². The molecule has 0 N–H and O–H groups in total. The summed E-state index contributed by atoms with van der Waals surface area (Å²) in [4.78, 5) is 0. The molecule has 202 valence electrons. The molecule has 4 heteroatoms. The minimum absolute atomic E-state index is 0.496. The number of hydrogen-bond acceptors (Lipinski definition) is 2. The van der Waals surface area contributed by atoms with E-state index >= 15 is 0 Å². The predicted octanol–water partition coefficient (Wildman–Crippen LogP) is 9.39. The number of nitrogens with zero attached hydrogens (tertiary/aromatic N) is 4. The molecule has 2 heterocycles. The SMILES string of the molecule is CC1(n2c3ccccc3c3ccccc32)C=C(c2cc(C#N)ccc2C#N)C=C(n2c3ccccc3c3ccccc32)C1. The Morgan fingerprint density at radius 2 is 1.14 bits per heavy atom. The first-order valence-electron chi connectivity index (χ1n) is 14.4. The normalized spacial score (nSPS) is 16.7. The molecule has 0 radical (unpaired) electrons. The van der Waals surface area contributed by atoms with Crippen molar-refractivity contribution in [2.45, 2.75) is 18.9 Å². The van der Waals surface area contributed by atoms with E-state index in [0.717, 1.165) is 45.3 Å². The van der Waals surface area contributed by atoms with Gasteiger partial charge in [0.15, 0.2) is 0 Å². The molecular weight excluding hydrogens is 524 g/mol. The van der Waals surface area contributed by atoms with Crippen LogP contribution >= 0.6 is 0 Å². The number of nitriles is 2. The van der Waals surface area contributed by atoms with Crippen molar-refractivity contribution in [3.05, 3.63) is 144 Å². The molecule has 8 rings (SSSR count). The molecule has 0 amide bonds. The molecule has 0 saturated carbocycles. The molecule has 43 heavy (non-hydrogen) atoms. The Hall–Kier alpha value is -5.84. The van der Waals surface area contributed by atoms with Gasteiger partial charge in [-0.15, -0.1) is 0 Å². The lowest BCUT2D eigenvalue weighted by molar-refractivity contribution is 0.440. The second kappa shape index (κ2) is 9.35. The molecule has 4 nitrogen and oxygen atoms in total. The summed E-state index contributed by atoms with van der Waals surface area (Å²) in [6.45, 7) is 2.28. The Morgan fingerprint density at radius 1 is 0.628 bits per heavy atom. The van der Waals surface area contributed by atoms with Gasteiger partial charge in [0.2, 0.25) is 0 Å². The van der Waals surface area contributed by atoms with E-state index in [9.17, 15) is 10.5 Å².